The summed E-state index contributed by atoms with van der Waals surface area (Å²) < 4.78 is 18.0. The molecule has 4 rings (SSSR count). The van der Waals surface area contributed by atoms with E-state index in [1.807, 2.05) is 0 Å². The molecule has 5 atom stereocenters. The van der Waals surface area contributed by atoms with Crippen LogP contribution in [-0.2, 0) is 14.2 Å². The molecule has 0 aromatic rings. The zero-order valence-electron chi connectivity index (χ0n) is 9.43. The molecule has 4 fully saturated rings. The van der Waals surface area contributed by atoms with E-state index in [1.54, 1.807) is 0 Å². The van der Waals surface area contributed by atoms with Crippen molar-refractivity contribution >= 4 is 0 Å². The Bertz CT molecular complexity index is 321. The molecule has 3 saturated heterocycles. The second-order valence-electron chi connectivity index (χ2n) is 5.60. The number of rotatable bonds is 2. The summed E-state index contributed by atoms with van der Waals surface area (Å²) in [5.74, 6) is 0.634. The summed E-state index contributed by atoms with van der Waals surface area (Å²) in [4.78, 5) is 0. The number of hydrogen-bond donors (Lipinski definition) is 0. The Morgan fingerprint density at radius 2 is 2.06 bits per heavy atom. The maximum Gasteiger partial charge on any atom is 0.152 e. The van der Waals surface area contributed by atoms with Crippen molar-refractivity contribution in [3.05, 3.63) is 12.8 Å². The molecule has 5 unspecified atom stereocenters. The molecule has 0 aromatic heterocycles. The van der Waals surface area contributed by atoms with Crippen LogP contribution in [0.2, 0.25) is 0 Å². The molecule has 3 heterocycles. The van der Waals surface area contributed by atoms with Crippen LogP contribution in [0.25, 0.3) is 0 Å². The van der Waals surface area contributed by atoms with Crippen molar-refractivity contribution in [2.75, 3.05) is 0 Å². The molecule has 1 saturated carbocycles. The third-order valence-electron chi connectivity index (χ3n) is 4.98. The highest BCUT2D eigenvalue weighted by molar-refractivity contribution is 5.16. The minimum absolute atomic E-state index is 0.0960. The summed E-state index contributed by atoms with van der Waals surface area (Å²) in [6.45, 7) is 3.65. The van der Waals surface area contributed by atoms with E-state index in [9.17, 15) is 0 Å². The molecular weight excluding hydrogens is 204 g/mol. The van der Waals surface area contributed by atoms with Crippen molar-refractivity contribution in [1.29, 1.82) is 0 Å². The van der Waals surface area contributed by atoms with Gasteiger partial charge in [0.25, 0.3) is 0 Å². The molecule has 0 amide bonds. The molecule has 1 spiro atoms. The average molecular weight is 222 g/mol. The van der Waals surface area contributed by atoms with Gasteiger partial charge in [-0.15, -0.1) is 0 Å². The Balaban J connectivity index is 1.66. The molecule has 1 aliphatic carbocycles. The van der Waals surface area contributed by atoms with Crippen molar-refractivity contribution in [3.63, 3.8) is 0 Å². The van der Waals surface area contributed by atoms with Gasteiger partial charge in [-0.05, 0) is 19.3 Å². The number of ether oxygens (including phenoxy) is 3. The molecule has 3 aliphatic heterocycles. The molecule has 0 radical (unpaired) electrons. The van der Waals surface area contributed by atoms with Crippen molar-refractivity contribution in [3.8, 4) is 0 Å². The topological polar surface area (TPSA) is 27.7 Å². The summed E-state index contributed by atoms with van der Waals surface area (Å²) in [6, 6.07) is 0. The van der Waals surface area contributed by atoms with E-state index >= 15 is 0 Å². The monoisotopic (exact) mass is 222 g/mol. The lowest BCUT2D eigenvalue weighted by atomic mass is 9.78. The van der Waals surface area contributed by atoms with Crippen molar-refractivity contribution in [1.82, 2.24) is 0 Å². The van der Waals surface area contributed by atoms with E-state index in [4.69, 9.17) is 14.2 Å². The van der Waals surface area contributed by atoms with Crippen LogP contribution in [0.4, 0.5) is 0 Å². The van der Waals surface area contributed by atoms with Gasteiger partial charge in [-0.2, -0.15) is 0 Å². The molecule has 0 aromatic carbocycles. The molecule has 3 nitrogen and oxygen atoms in total. The first-order valence-corrected chi connectivity index (χ1v) is 6.44. The summed E-state index contributed by atoms with van der Waals surface area (Å²) >= 11 is 0. The minimum atomic E-state index is 0.0960. The van der Waals surface area contributed by atoms with Crippen LogP contribution < -0.4 is 0 Å². The lowest BCUT2D eigenvalue weighted by molar-refractivity contribution is -0.0798. The average Bonchev–Trinajstić information content (AvgIpc) is 2.97. The Hall–Kier alpha value is -0.540. The van der Waals surface area contributed by atoms with E-state index < -0.39 is 0 Å². The van der Waals surface area contributed by atoms with Crippen LogP contribution in [0.5, 0.6) is 0 Å². The largest absolute Gasteiger partial charge is 0.493 e. The number of hydrogen-bond acceptors (Lipinski definition) is 3. The van der Waals surface area contributed by atoms with Gasteiger partial charge < -0.3 is 14.2 Å². The molecule has 3 heteroatoms. The Kier molecular flexibility index (Phi) is 1.79. The molecule has 0 N–H and O–H groups in total. The van der Waals surface area contributed by atoms with Crippen LogP contribution in [0, 0.1) is 5.92 Å². The second kappa shape index (κ2) is 3.02. The lowest BCUT2D eigenvalue weighted by Gasteiger charge is -2.27. The van der Waals surface area contributed by atoms with Gasteiger partial charge >= 0.3 is 0 Å². The maximum absolute atomic E-state index is 6.36. The minimum Gasteiger partial charge on any atom is -0.493 e. The Morgan fingerprint density at radius 1 is 1.25 bits per heavy atom. The van der Waals surface area contributed by atoms with Gasteiger partial charge in [-0.25, -0.2) is 0 Å². The predicted molar refractivity (Wildman–Crippen MR) is 57.9 cm³/mol. The second-order valence-corrected chi connectivity index (χ2v) is 5.60. The fourth-order valence-corrected chi connectivity index (χ4v) is 4.40. The van der Waals surface area contributed by atoms with Gasteiger partial charge in [0.05, 0.1) is 24.1 Å². The van der Waals surface area contributed by atoms with E-state index in [-0.39, 0.29) is 23.9 Å². The van der Waals surface area contributed by atoms with Crippen molar-refractivity contribution in [2.45, 2.75) is 62.1 Å². The quantitative estimate of drug-likeness (QED) is 0.669. The van der Waals surface area contributed by atoms with Gasteiger partial charge in [0.2, 0.25) is 0 Å². The Morgan fingerprint density at radius 3 is 2.81 bits per heavy atom. The molecule has 16 heavy (non-hydrogen) atoms. The predicted octanol–water partition coefficient (Wildman–Crippen LogP) is 2.01. The first kappa shape index (κ1) is 9.49. The third kappa shape index (κ3) is 0.968. The maximum atomic E-state index is 6.36. The van der Waals surface area contributed by atoms with E-state index in [0.717, 1.165) is 6.42 Å². The van der Waals surface area contributed by atoms with E-state index in [1.165, 1.54) is 31.9 Å². The van der Waals surface area contributed by atoms with Gasteiger partial charge in [-0.3, -0.25) is 0 Å². The zero-order chi connectivity index (χ0) is 10.8. The summed E-state index contributed by atoms with van der Waals surface area (Å²) in [5.41, 5.74) is 0.142. The summed E-state index contributed by atoms with van der Waals surface area (Å²) in [6.07, 6.45) is 8.54. The first-order valence-electron chi connectivity index (χ1n) is 6.44. The number of fused-ring (bicyclic) bond motifs is 2. The first-order chi connectivity index (χ1) is 7.84. The highest BCUT2D eigenvalue weighted by Gasteiger charge is 2.68. The fourth-order valence-electron chi connectivity index (χ4n) is 4.40. The van der Waals surface area contributed by atoms with Gasteiger partial charge in [0, 0.05) is 5.92 Å². The lowest BCUT2D eigenvalue weighted by Crippen LogP contribution is -2.37. The van der Waals surface area contributed by atoms with Crippen molar-refractivity contribution < 1.29 is 14.2 Å². The molecule has 2 bridgehead atoms. The van der Waals surface area contributed by atoms with Gasteiger partial charge in [0.15, 0.2) is 6.10 Å². The van der Waals surface area contributed by atoms with Crippen LogP contribution in [0.3, 0.4) is 0 Å². The van der Waals surface area contributed by atoms with E-state index in [0.29, 0.717) is 12.0 Å². The Labute approximate surface area is 95.7 Å². The van der Waals surface area contributed by atoms with Crippen molar-refractivity contribution in [2.24, 2.45) is 5.92 Å². The third-order valence-corrected chi connectivity index (χ3v) is 4.98. The standard InChI is InChI=1S/C13H18O3/c1-2-14-11-9-7-8-10(15-9)12(11)16-13(8)5-3-4-6-13/h2,8-12H,1,3-7H2. The highest BCUT2D eigenvalue weighted by atomic mass is 16.6. The van der Waals surface area contributed by atoms with E-state index in [2.05, 4.69) is 6.58 Å². The van der Waals surface area contributed by atoms with Crippen LogP contribution in [-0.4, -0.2) is 30.0 Å². The molecule has 4 aliphatic rings. The molecular formula is C13H18O3. The normalized spacial score (nSPS) is 51.4. The fraction of sp³-hybridized carbons (Fsp3) is 0.846. The summed E-state index contributed by atoms with van der Waals surface area (Å²) in [7, 11) is 0. The van der Waals surface area contributed by atoms with Crippen LogP contribution in [0.15, 0.2) is 12.8 Å². The van der Waals surface area contributed by atoms with Crippen LogP contribution in [0.1, 0.15) is 32.1 Å². The van der Waals surface area contributed by atoms with Crippen LogP contribution >= 0.6 is 0 Å². The summed E-state index contributed by atoms with van der Waals surface area (Å²) in [5, 5.41) is 0. The zero-order valence-corrected chi connectivity index (χ0v) is 9.43. The highest BCUT2D eigenvalue weighted by Crippen LogP contribution is 2.59. The van der Waals surface area contributed by atoms with Gasteiger partial charge in [-0.1, -0.05) is 19.4 Å². The SMILES string of the molecule is C=COC1C2CC3C(O2)C1OC31CCCC1. The van der Waals surface area contributed by atoms with Gasteiger partial charge in [0.1, 0.15) is 6.10 Å². The smallest absolute Gasteiger partial charge is 0.152 e. The molecule has 88 valence electrons.